The molecule has 266 valence electrons. The Balaban J connectivity index is 4.14. The molecule has 0 spiro atoms. The fourth-order valence-electron chi connectivity index (χ4n) is 5.69. The largest absolute Gasteiger partial charge is 0.466 e. The van der Waals surface area contributed by atoms with Crippen LogP contribution in [0.1, 0.15) is 188 Å². The summed E-state index contributed by atoms with van der Waals surface area (Å²) < 4.78 is 17.5. The third-order valence-corrected chi connectivity index (χ3v) is 8.55. The summed E-state index contributed by atoms with van der Waals surface area (Å²) in [6.45, 7) is 10.5. The molecular weight excluding hydrogens is 560 g/mol. The van der Waals surface area contributed by atoms with Gasteiger partial charge in [-0.25, -0.2) is 0 Å². The molecule has 0 amide bonds. The Morgan fingerprint density at radius 3 is 1.60 bits per heavy atom. The van der Waals surface area contributed by atoms with Gasteiger partial charge in [0.05, 0.1) is 19.1 Å². The van der Waals surface area contributed by atoms with Crippen molar-refractivity contribution in [2.45, 2.75) is 201 Å². The zero-order chi connectivity index (χ0) is 33.1. The monoisotopic (exact) mass is 637 g/mol. The molecule has 1 N–H and O–H groups in total. The number of carbonyl (C=O) groups is 1. The molecule has 0 aromatic carbocycles. The molecule has 5 heteroatoms. The van der Waals surface area contributed by atoms with Crippen LogP contribution in [0, 0.1) is 5.92 Å². The lowest BCUT2D eigenvalue weighted by molar-refractivity contribution is -0.159. The minimum absolute atomic E-state index is 0.205. The maximum absolute atomic E-state index is 12.4. The van der Waals surface area contributed by atoms with E-state index in [1.165, 1.54) is 70.6 Å². The fraction of sp³-hybridized carbons (Fsp3) is 0.875. The van der Waals surface area contributed by atoms with Crippen molar-refractivity contribution in [3.8, 4) is 0 Å². The van der Waals surface area contributed by atoms with Gasteiger partial charge in [0.1, 0.15) is 0 Å². The van der Waals surface area contributed by atoms with Crippen LogP contribution in [0.2, 0.25) is 0 Å². The van der Waals surface area contributed by atoms with Crippen LogP contribution in [0.5, 0.6) is 0 Å². The highest BCUT2D eigenvalue weighted by Crippen LogP contribution is 2.24. The Labute approximate surface area is 280 Å². The SMILES string of the molecule is CC/C=C\CCCCOC(CCC(=O)OCCCC(O)CCCCCC(CCCCC)CCCCC)OCCCC/C=C\CC. The van der Waals surface area contributed by atoms with Gasteiger partial charge < -0.3 is 19.3 Å². The molecule has 0 saturated heterocycles. The molecule has 0 aliphatic heterocycles. The highest BCUT2D eigenvalue weighted by molar-refractivity contribution is 5.69. The summed E-state index contributed by atoms with van der Waals surface area (Å²) in [7, 11) is 0. The van der Waals surface area contributed by atoms with Gasteiger partial charge in [-0.05, 0) is 76.5 Å². The number of carbonyl (C=O) groups excluding carboxylic acids is 1. The number of allylic oxidation sites excluding steroid dienone is 4. The Hall–Kier alpha value is -1.17. The molecule has 0 saturated carbocycles. The van der Waals surface area contributed by atoms with Crippen LogP contribution in [0.15, 0.2) is 24.3 Å². The molecule has 0 aromatic rings. The lowest BCUT2D eigenvalue weighted by Gasteiger charge is -2.18. The van der Waals surface area contributed by atoms with Crippen LogP contribution in [-0.4, -0.2) is 43.3 Å². The number of aliphatic hydroxyl groups is 1. The van der Waals surface area contributed by atoms with Crippen LogP contribution in [0.3, 0.4) is 0 Å². The van der Waals surface area contributed by atoms with E-state index in [0.29, 0.717) is 45.5 Å². The quantitative estimate of drug-likeness (QED) is 0.0324. The smallest absolute Gasteiger partial charge is 0.305 e. The van der Waals surface area contributed by atoms with Crippen molar-refractivity contribution in [1.82, 2.24) is 0 Å². The molecule has 0 rings (SSSR count). The van der Waals surface area contributed by atoms with Crippen molar-refractivity contribution in [2.24, 2.45) is 5.92 Å². The van der Waals surface area contributed by atoms with Gasteiger partial charge in [0.15, 0.2) is 6.29 Å². The Morgan fingerprint density at radius 2 is 1.07 bits per heavy atom. The second-order valence-electron chi connectivity index (χ2n) is 13.0. The van der Waals surface area contributed by atoms with E-state index < -0.39 is 0 Å². The van der Waals surface area contributed by atoms with Crippen LogP contribution in [0.25, 0.3) is 0 Å². The van der Waals surface area contributed by atoms with Crippen LogP contribution < -0.4 is 0 Å². The zero-order valence-corrected chi connectivity index (χ0v) is 30.4. The van der Waals surface area contributed by atoms with E-state index in [-0.39, 0.29) is 18.4 Å². The lowest BCUT2D eigenvalue weighted by Crippen LogP contribution is -2.21. The molecule has 0 fully saturated rings. The van der Waals surface area contributed by atoms with Gasteiger partial charge in [-0.1, -0.05) is 129 Å². The molecule has 0 radical (unpaired) electrons. The van der Waals surface area contributed by atoms with Crippen molar-refractivity contribution < 1.29 is 24.1 Å². The van der Waals surface area contributed by atoms with Gasteiger partial charge in [-0.2, -0.15) is 0 Å². The first-order valence-electron chi connectivity index (χ1n) is 19.4. The summed E-state index contributed by atoms with van der Waals surface area (Å²) in [5.74, 6) is 0.690. The van der Waals surface area contributed by atoms with E-state index in [1.807, 2.05) is 0 Å². The molecule has 0 heterocycles. The molecule has 0 bridgehead atoms. The minimum Gasteiger partial charge on any atom is -0.466 e. The normalized spacial score (nSPS) is 12.8. The molecule has 0 aliphatic rings. The molecule has 5 nitrogen and oxygen atoms in total. The predicted molar refractivity (Wildman–Crippen MR) is 193 cm³/mol. The molecule has 0 aliphatic carbocycles. The van der Waals surface area contributed by atoms with Crippen LogP contribution in [0.4, 0.5) is 0 Å². The van der Waals surface area contributed by atoms with Crippen LogP contribution in [-0.2, 0) is 19.0 Å². The average Bonchev–Trinajstić information content (AvgIpc) is 3.04. The van der Waals surface area contributed by atoms with E-state index >= 15 is 0 Å². The predicted octanol–water partition coefficient (Wildman–Crippen LogP) is 11.8. The van der Waals surface area contributed by atoms with Gasteiger partial charge in [0.2, 0.25) is 0 Å². The zero-order valence-electron chi connectivity index (χ0n) is 30.4. The third-order valence-electron chi connectivity index (χ3n) is 8.55. The van der Waals surface area contributed by atoms with Crippen molar-refractivity contribution in [3.63, 3.8) is 0 Å². The number of hydrogen-bond donors (Lipinski definition) is 1. The topological polar surface area (TPSA) is 65.0 Å². The maximum atomic E-state index is 12.4. The standard InChI is InChI=1S/C40H76O5/c1-5-9-13-15-17-24-34-44-40(45-35-25-18-16-14-10-6-2)33-32-39(42)43-36-26-31-38(41)30-23-19-22-29-37(27-20-11-7-3)28-21-12-8-4/h9-10,13-14,37-38,40-41H,5-8,11-12,15-36H2,1-4H3/b13-9-,14-10-. The number of unbranched alkanes of at least 4 members (excludes halogenated alkanes) is 10. The van der Waals surface area contributed by atoms with E-state index in [0.717, 1.165) is 70.1 Å². The summed E-state index contributed by atoms with van der Waals surface area (Å²) in [6, 6.07) is 0. The Bertz CT molecular complexity index is 627. The minimum atomic E-state index is -0.361. The van der Waals surface area contributed by atoms with Gasteiger partial charge in [-0.3, -0.25) is 4.79 Å². The molecule has 1 atom stereocenters. The summed E-state index contributed by atoms with van der Waals surface area (Å²) in [5, 5.41) is 10.4. The summed E-state index contributed by atoms with van der Waals surface area (Å²) in [6.07, 6.45) is 35.6. The first-order chi connectivity index (χ1) is 22.1. The number of rotatable bonds is 35. The molecule has 1 unspecified atom stereocenters. The number of ether oxygens (including phenoxy) is 3. The lowest BCUT2D eigenvalue weighted by atomic mass is 9.90. The highest BCUT2D eigenvalue weighted by atomic mass is 16.7. The highest BCUT2D eigenvalue weighted by Gasteiger charge is 2.14. The van der Waals surface area contributed by atoms with Crippen molar-refractivity contribution in [1.29, 1.82) is 0 Å². The van der Waals surface area contributed by atoms with Crippen molar-refractivity contribution in [3.05, 3.63) is 24.3 Å². The first kappa shape index (κ1) is 43.8. The number of hydrogen-bond acceptors (Lipinski definition) is 5. The fourth-order valence-corrected chi connectivity index (χ4v) is 5.69. The summed E-state index contributed by atoms with van der Waals surface area (Å²) in [4.78, 5) is 12.4. The van der Waals surface area contributed by atoms with Crippen molar-refractivity contribution >= 4 is 5.97 Å². The first-order valence-corrected chi connectivity index (χ1v) is 19.4. The van der Waals surface area contributed by atoms with Gasteiger partial charge >= 0.3 is 5.97 Å². The van der Waals surface area contributed by atoms with Gasteiger partial charge in [0, 0.05) is 19.6 Å². The molecular formula is C40H76O5. The second-order valence-corrected chi connectivity index (χ2v) is 13.0. The maximum Gasteiger partial charge on any atom is 0.305 e. The summed E-state index contributed by atoms with van der Waals surface area (Å²) >= 11 is 0. The molecule has 45 heavy (non-hydrogen) atoms. The third kappa shape index (κ3) is 32.6. The Kier molecular flexibility index (Phi) is 34.8. The van der Waals surface area contributed by atoms with Crippen LogP contribution >= 0.6 is 0 Å². The van der Waals surface area contributed by atoms with E-state index in [1.54, 1.807) is 0 Å². The second kappa shape index (κ2) is 35.7. The number of aliphatic hydroxyl groups excluding tert-OH is 1. The van der Waals surface area contributed by atoms with Gasteiger partial charge in [-0.15, -0.1) is 0 Å². The Morgan fingerprint density at radius 1 is 0.556 bits per heavy atom. The van der Waals surface area contributed by atoms with E-state index in [2.05, 4.69) is 52.0 Å². The average molecular weight is 637 g/mol. The molecule has 0 aromatic heterocycles. The van der Waals surface area contributed by atoms with Crippen molar-refractivity contribution in [2.75, 3.05) is 19.8 Å². The van der Waals surface area contributed by atoms with Gasteiger partial charge in [0.25, 0.3) is 0 Å². The van der Waals surface area contributed by atoms with E-state index in [4.69, 9.17) is 14.2 Å². The van der Waals surface area contributed by atoms with E-state index in [9.17, 15) is 9.90 Å². The summed E-state index contributed by atoms with van der Waals surface area (Å²) in [5.41, 5.74) is 0. The number of esters is 1.